The van der Waals surface area contributed by atoms with Crippen LogP contribution in [0, 0.1) is 41.4 Å². The molecule has 7 unspecified atom stereocenters. The third-order valence-corrected chi connectivity index (χ3v) is 7.38. The summed E-state index contributed by atoms with van der Waals surface area (Å²) in [6.07, 6.45) is 15.6. The van der Waals surface area contributed by atoms with E-state index in [1.807, 2.05) is 0 Å². The summed E-state index contributed by atoms with van der Waals surface area (Å²) in [5.41, 5.74) is 0. The Morgan fingerprint density at radius 1 is 0.632 bits per heavy atom. The van der Waals surface area contributed by atoms with Crippen LogP contribution in [0.1, 0.15) is 64.2 Å². The number of rotatable bonds is 1. The van der Waals surface area contributed by atoms with Gasteiger partial charge in [0.25, 0.3) is 0 Å². The molecule has 7 atom stereocenters. The van der Waals surface area contributed by atoms with E-state index < -0.39 is 0 Å². The molecule has 19 heavy (non-hydrogen) atoms. The van der Waals surface area contributed by atoms with Crippen molar-refractivity contribution >= 4 is 6.29 Å². The fourth-order valence-electron chi connectivity index (χ4n) is 6.63. The number of carbonyl (C=O) groups excluding carboxylic acids is 1. The van der Waals surface area contributed by atoms with Gasteiger partial charge in [-0.3, -0.25) is 0 Å². The average molecular weight is 260 g/mol. The topological polar surface area (TPSA) is 17.1 Å². The standard InChI is InChI=1S/C18H28O/c19-11-12-4-7-16-14(10-12)6-9-17-15-3-1-2-13(15)5-8-18(16)17/h11-18H,1-10H2. The molecule has 0 amide bonds. The van der Waals surface area contributed by atoms with Crippen LogP contribution in [-0.4, -0.2) is 6.29 Å². The van der Waals surface area contributed by atoms with Crippen molar-refractivity contribution in [2.45, 2.75) is 64.2 Å². The molecule has 0 saturated heterocycles. The van der Waals surface area contributed by atoms with Gasteiger partial charge in [0.2, 0.25) is 0 Å². The van der Waals surface area contributed by atoms with Crippen molar-refractivity contribution in [3.8, 4) is 0 Å². The molecule has 1 nitrogen and oxygen atoms in total. The minimum Gasteiger partial charge on any atom is -0.303 e. The van der Waals surface area contributed by atoms with Crippen LogP contribution in [0.15, 0.2) is 0 Å². The number of carbonyl (C=O) groups is 1. The summed E-state index contributed by atoms with van der Waals surface area (Å²) in [5, 5.41) is 0. The molecule has 4 aliphatic rings. The summed E-state index contributed by atoms with van der Waals surface area (Å²) < 4.78 is 0. The predicted molar refractivity (Wildman–Crippen MR) is 76.7 cm³/mol. The number of aldehydes is 1. The second-order valence-corrected chi connectivity index (χ2v) is 7.97. The molecule has 0 aromatic carbocycles. The van der Waals surface area contributed by atoms with Gasteiger partial charge < -0.3 is 4.79 Å². The Bertz CT molecular complexity index is 350. The summed E-state index contributed by atoms with van der Waals surface area (Å²) in [6, 6.07) is 0. The van der Waals surface area contributed by atoms with Gasteiger partial charge in [0.15, 0.2) is 0 Å². The van der Waals surface area contributed by atoms with Gasteiger partial charge in [-0.1, -0.05) is 12.8 Å². The molecule has 106 valence electrons. The predicted octanol–water partition coefficient (Wildman–Crippen LogP) is 4.45. The van der Waals surface area contributed by atoms with Gasteiger partial charge in [0, 0.05) is 5.92 Å². The average Bonchev–Trinajstić information content (AvgIpc) is 2.94. The van der Waals surface area contributed by atoms with E-state index in [4.69, 9.17) is 0 Å². The zero-order valence-corrected chi connectivity index (χ0v) is 12.1. The smallest absolute Gasteiger partial charge is 0.123 e. The molecule has 1 heteroatoms. The van der Waals surface area contributed by atoms with E-state index in [1.54, 1.807) is 6.42 Å². The van der Waals surface area contributed by atoms with Crippen molar-refractivity contribution in [1.82, 2.24) is 0 Å². The lowest BCUT2D eigenvalue weighted by Crippen LogP contribution is -2.44. The molecular weight excluding hydrogens is 232 g/mol. The zero-order chi connectivity index (χ0) is 12.8. The van der Waals surface area contributed by atoms with Gasteiger partial charge in [-0.05, 0) is 86.9 Å². The number of fused-ring (bicyclic) bond motifs is 5. The first-order chi connectivity index (χ1) is 9.36. The molecule has 0 heterocycles. The highest BCUT2D eigenvalue weighted by molar-refractivity contribution is 5.53. The summed E-state index contributed by atoms with van der Waals surface area (Å²) in [6.45, 7) is 0. The molecule has 0 aromatic rings. The Kier molecular flexibility index (Phi) is 3.20. The van der Waals surface area contributed by atoms with E-state index >= 15 is 0 Å². The highest BCUT2D eigenvalue weighted by Crippen LogP contribution is 2.58. The van der Waals surface area contributed by atoms with Crippen LogP contribution in [0.5, 0.6) is 0 Å². The van der Waals surface area contributed by atoms with Crippen LogP contribution < -0.4 is 0 Å². The van der Waals surface area contributed by atoms with Crippen LogP contribution >= 0.6 is 0 Å². The highest BCUT2D eigenvalue weighted by atomic mass is 16.1. The Morgan fingerprint density at radius 3 is 2.11 bits per heavy atom. The molecule has 0 radical (unpaired) electrons. The third kappa shape index (κ3) is 1.99. The van der Waals surface area contributed by atoms with E-state index in [1.165, 1.54) is 64.1 Å². The third-order valence-electron chi connectivity index (χ3n) is 7.38. The molecule has 0 spiro atoms. The van der Waals surface area contributed by atoms with E-state index in [2.05, 4.69) is 0 Å². The molecule has 4 aliphatic carbocycles. The largest absolute Gasteiger partial charge is 0.303 e. The van der Waals surface area contributed by atoms with Crippen molar-refractivity contribution < 1.29 is 4.79 Å². The molecule has 4 saturated carbocycles. The van der Waals surface area contributed by atoms with Crippen LogP contribution in [0.2, 0.25) is 0 Å². The summed E-state index contributed by atoms with van der Waals surface area (Å²) in [7, 11) is 0. The number of hydrogen-bond donors (Lipinski definition) is 0. The van der Waals surface area contributed by atoms with Gasteiger partial charge in [0.05, 0.1) is 0 Å². The Morgan fingerprint density at radius 2 is 1.32 bits per heavy atom. The maximum Gasteiger partial charge on any atom is 0.123 e. The summed E-state index contributed by atoms with van der Waals surface area (Å²) in [5.74, 6) is 6.63. The van der Waals surface area contributed by atoms with Gasteiger partial charge in [0.1, 0.15) is 6.29 Å². The Labute approximate surface area is 117 Å². The summed E-state index contributed by atoms with van der Waals surface area (Å²) >= 11 is 0. The second kappa shape index (κ2) is 4.90. The molecule has 0 N–H and O–H groups in total. The van der Waals surface area contributed by atoms with E-state index in [9.17, 15) is 4.79 Å². The Balaban J connectivity index is 1.51. The summed E-state index contributed by atoms with van der Waals surface area (Å²) in [4.78, 5) is 11.1. The van der Waals surface area contributed by atoms with Crippen molar-refractivity contribution in [3.63, 3.8) is 0 Å². The molecule has 4 fully saturated rings. The molecular formula is C18H28O. The van der Waals surface area contributed by atoms with Crippen molar-refractivity contribution in [1.29, 1.82) is 0 Å². The van der Waals surface area contributed by atoms with Gasteiger partial charge in [-0.25, -0.2) is 0 Å². The van der Waals surface area contributed by atoms with E-state index in [0.717, 1.165) is 35.5 Å². The minimum absolute atomic E-state index is 0.403. The highest BCUT2D eigenvalue weighted by Gasteiger charge is 2.49. The molecule has 0 bridgehead atoms. The first-order valence-electron chi connectivity index (χ1n) is 8.82. The quantitative estimate of drug-likeness (QED) is 0.636. The van der Waals surface area contributed by atoms with Gasteiger partial charge >= 0.3 is 0 Å². The fraction of sp³-hybridized carbons (Fsp3) is 0.944. The zero-order valence-electron chi connectivity index (χ0n) is 12.1. The van der Waals surface area contributed by atoms with Crippen LogP contribution in [0.25, 0.3) is 0 Å². The van der Waals surface area contributed by atoms with Crippen LogP contribution in [0.3, 0.4) is 0 Å². The second-order valence-electron chi connectivity index (χ2n) is 7.97. The SMILES string of the molecule is O=CC1CCC2C(CCC3C4CCCC4CCC23)C1. The lowest BCUT2D eigenvalue weighted by molar-refractivity contribution is -0.114. The van der Waals surface area contributed by atoms with E-state index in [0.29, 0.717) is 5.92 Å². The maximum absolute atomic E-state index is 11.1. The lowest BCUT2D eigenvalue weighted by Gasteiger charge is -2.52. The van der Waals surface area contributed by atoms with Crippen molar-refractivity contribution in [3.05, 3.63) is 0 Å². The van der Waals surface area contributed by atoms with Crippen molar-refractivity contribution in [2.75, 3.05) is 0 Å². The normalized spacial score (nSPS) is 52.9. The number of hydrogen-bond acceptors (Lipinski definition) is 1. The minimum atomic E-state index is 0.403. The van der Waals surface area contributed by atoms with E-state index in [-0.39, 0.29) is 0 Å². The maximum atomic E-state index is 11.1. The Hall–Kier alpha value is -0.330. The van der Waals surface area contributed by atoms with Gasteiger partial charge in [-0.2, -0.15) is 0 Å². The monoisotopic (exact) mass is 260 g/mol. The van der Waals surface area contributed by atoms with Crippen LogP contribution in [0.4, 0.5) is 0 Å². The molecule has 4 rings (SSSR count). The van der Waals surface area contributed by atoms with Gasteiger partial charge in [-0.15, -0.1) is 0 Å². The molecule has 0 aliphatic heterocycles. The first-order valence-corrected chi connectivity index (χ1v) is 8.82. The van der Waals surface area contributed by atoms with Crippen LogP contribution in [-0.2, 0) is 4.79 Å². The lowest BCUT2D eigenvalue weighted by atomic mass is 9.53. The van der Waals surface area contributed by atoms with Crippen molar-refractivity contribution in [2.24, 2.45) is 41.4 Å². The fourth-order valence-corrected chi connectivity index (χ4v) is 6.63. The molecule has 0 aromatic heterocycles. The first kappa shape index (κ1) is 12.4.